The van der Waals surface area contributed by atoms with Crippen LogP contribution in [0.4, 0.5) is 0 Å². The molecule has 1 saturated heterocycles. The summed E-state index contributed by atoms with van der Waals surface area (Å²) in [5.41, 5.74) is 0.808. The molecule has 21 heavy (non-hydrogen) atoms. The van der Waals surface area contributed by atoms with Gasteiger partial charge in [0.2, 0.25) is 5.91 Å². The van der Waals surface area contributed by atoms with Crippen LogP contribution in [0.5, 0.6) is 5.75 Å². The lowest BCUT2D eigenvalue weighted by Gasteiger charge is -2.38. The van der Waals surface area contributed by atoms with Crippen LogP contribution in [0.1, 0.15) is 25.5 Å². The lowest BCUT2D eigenvalue weighted by molar-refractivity contribution is -0.131. The van der Waals surface area contributed by atoms with Gasteiger partial charge in [0.25, 0.3) is 0 Å². The molecule has 0 radical (unpaired) electrons. The molecular weight excluding hydrogens is 268 g/mol. The Morgan fingerprint density at radius 1 is 1.48 bits per heavy atom. The molecule has 2 N–H and O–H groups in total. The Hall–Kier alpha value is -1.59. The van der Waals surface area contributed by atoms with E-state index in [2.05, 4.69) is 10.2 Å². The quantitative estimate of drug-likeness (QED) is 0.855. The molecule has 5 nitrogen and oxygen atoms in total. The minimum atomic E-state index is -0.632. The number of carbonyl (C=O) groups excluding carboxylic acids is 1. The number of aliphatic hydroxyl groups excluding tert-OH is 1. The molecule has 2 unspecified atom stereocenters. The molecule has 1 fully saturated rings. The Labute approximate surface area is 125 Å². The highest BCUT2D eigenvalue weighted by Gasteiger charge is 2.33. The molecule has 0 aliphatic carbocycles. The summed E-state index contributed by atoms with van der Waals surface area (Å²) in [4.78, 5) is 14.1. The van der Waals surface area contributed by atoms with Gasteiger partial charge in [0, 0.05) is 19.6 Å². The molecule has 2 rings (SSSR count). The minimum Gasteiger partial charge on any atom is -0.497 e. The van der Waals surface area contributed by atoms with E-state index in [-0.39, 0.29) is 17.9 Å². The predicted molar refractivity (Wildman–Crippen MR) is 81.2 cm³/mol. The Bertz CT molecular complexity index is 490. The zero-order valence-electron chi connectivity index (χ0n) is 12.9. The number of nitrogens with one attached hydrogen (secondary N) is 1. The average molecular weight is 292 g/mol. The number of rotatable bonds is 5. The third-order valence-electron chi connectivity index (χ3n) is 3.88. The zero-order valence-corrected chi connectivity index (χ0v) is 12.9. The number of piperazine rings is 1. The number of nitrogens with zero attached hydrogens (tertiary/aromatic N) is 1. The van der Waals surface area contributed by atoms with Crippen LogP contribution in [0, 0.1) is 5.92 Å². The smallest absolute Gasteiger partial charge is 0.237 e. The van der Waals surface area contributed by atoms with Gasteiger partial charge in [-0.15, -0.1) is 0 Å². The lowest BCUT2D eigenvalue weighted by atomic mass is 9.98. The number of carbonyl (C=O) groups is 1. The van der Waals surface area contributed by atoms with Crippen LogP contribution in [0.25, 0.3) is 0 Å². The van der Waals surface area contributed by atoms with Crippen molar-refractivity contribution in [2.45, 2.75) is 26.0 Å². The Kier molecular flexibility index (Phi) is 5.20. The molecule has 5 heteroatoms. The monoisotopic (exact) mass is 292 g/mol. The molecule has 2 atom stereocenters. The summed E-state index contributed by atoms with van der Waals surface area (Å²) in [7, 11) is 1.61. The summed E-state index contributed by atoms with van der Waals surface area (Å²) in [6.07, 6.45) is -0.632. The minimum absolute atomic E-state index is 0.0501. The van der Waals surface area contributed by atoms with Gasteiger partial charge in [-0.2, -0.15) is 0 Å². The summed E-state index contributed by atoms with van der Waals surface area (Å²) >= 11 is 0. The molecule has 0 bridgehead atoms. The molecule has 1 aliphatic heterocycles. The SMILES string of the molecule is COc1cccc(C(O)CN2CCNC(=O)C2C(C)C)c1. The molecule has 0 aromatic heterocycles. The highest BCUT2D eigenvalue weighted by atomic mass is 16.5. The topological polar surface area (TPSA) is 61.8 Å². The van der Waals surface area contributed by atoms with Crippen LogP contribution < -0.4 is 10.1 Å². The van der Waals surface area contributed by atoms with Gasteiger partial charge in [-0.1, -0.05) is 26.0 Å². The van der Waals surface area contributed by atoms with Gasteiger partial charge in [0.15, 0.2) is 0 Å². The van der Waals surface area contributed by atoms with Crippen molar-refractivity contribution in [1.82, 2.24) is 10.2 Å². The van der Waals surface area contributed by atoms with Crippen molar-refractivity contribution in [2.75, 3.05) is 26.7 Å². The standard InChI is InChI=1S/C16H24N2O3/c1-11(2)15-16(20)17-7-8-18(15)10-14(19)12-5-4-6-13(9-12)21-3/h4-6,9,11,14-15,19H,7-8,10H2,1-3H3,(H,17,20). The zero-order chi connectivity index (χ0) is 15.4. The molecule has 1 aromatic carbocycles. The number of methoxy groups -OCH3 is 1. The van der Waals surface area contributed by atoms with Crippen molar-refractivity contribution in [3.8, 4) is 5.75 Å². The maximum absolute atomic E-state index is 12.0. The maximum atomic E-state index is 12.0. The fourth-order valence-electron chi connectivity index (χ4n) is 2.84. The second-order valence-electron chi connectivity index (χ2n) is 5.77. The number of aliphatic hydroxyl groups is 1. The summed E-state index contributed by atoms with van der Waals surface area (Å²) in [6.45, 7) is 5.90. The molecule has 1 heterocycles. The van der Waals surface area contributed by atoms with E-state index in [9.17, 15) is 9.90 Å². The van der Waals surface area contributed by atoms with Gasteiger partial charge < -0.3 is 15.2 Å². The number of β-amino-alcohol motifs (C(OH)–C–C–N with tert-alkyl or cyclic N) is 1. The molecule has 1 aromatic rings. The van der Waals surface area contributed by atoms with E-state index in [1.165, 1.54) is 0 Å². The first kappa shape index (κ1) is 15.8. The second kappa shape index (κ2) is 6.91. The van der Waals surface area contributed by atoms with E-state index in [0.717, 1.165) is 17.9 Å². The number of hydrogen-bond donors (Lipinski definition) is 2. The first-order valence-corrected chi connectivity index (χ1v) is 7.36. The Balaban J connectivity index is 2.09. The summed E-state index contributed by atoms with van der Waals surface area (Å²) in [6, 6.07) is 7.24. The number of amides is 1. The molecule has 0 saturated carbocycles. The van der Waals surface area contributed by atoms with Crippen LogP contribution in [-0.2, 0) is 4.79 Å². The highest BCUT2D eigenvalue weighted by Crippen LogP contribution is 2.22. The second-order valence-corrected chi connectivity index (χ2v) is 5.77. The van der Waals surface area contributed by atoms with Gasteiger partial charge >= 0.3 is 0 Å². The number of hydrogen-bond acceptors (Lipinski definition) is 4. The van der Waals surface area contributed by atoms with E-state index >= 15 is 0 Å². The van der Waals surface area contributed by atoms with E-state index in [1.54, 1.807) is 7.11 Å². The van der Waals surface area contributed by atoms with Gasteiger partial charge in [-0.05, 0) is 23.6 Å². The third kappa shape index (κ3) is 3.74. The van der Waals surface area contributed by atoms with Crippen LogP contribution in [0.3, 0.4) is 0 Å². The predicted octanol–water partition coefficient (Wildman–Crippen LogP) is 1.18. The van der Waals surface area contributed by atoms with Crippen molar-refractivity contribution < 1.29 is 14.6 Å². The summed E-state index contributed by atoms with van der Waals surface area (Å²) in [5, 5.41) is 13.3. The number of ether oxygens (including phenoxy) is 1. The largest absolute Gasteiger partial charge is 0.497 e. The fourth-order valence-corrected chi connectivity index (χ4v) is 2.84. The average Bonchev–Trinajstić information content (AvgIpc) is 2.47. The van der Waals surface area contributed by atoms with E-state index in [0.29, 0.717) is 13.1 Å². The molecular formula is C16H24N2O3. The van der Waals surface area contributed by atoms with Crippen molar-refractivity contribution in [1.29, 1.82) is 0 Å². The van der Waals surface area contributed by atoms with Crippen molar-refractivity contribution >= 4 is 5.91 Å². The van der Waals surface area contributed by atoms with Gasteiger partial charge in [0.1, 0.15) is 5.75 Å². The van der Waals surface area contributed by atoms with E-state index in [4.69, 9.17) is 4.74 Å². The highest BCUT2D eigenvalue weighted by molar-refractivity contribution is 5.82. The first-order valence-electron chi connectivity index (χ1n) is 7.36. The lowest BCUT2D eigenvalue weighted by Crippen LogP contribution is -2.58. The normalized spacial score (nSPS) is 21.2. The Morgan fingerprint density at radius 3 is 2.90 bits per heavy atom. The maximum Gasteiger partial charge on any atom is 0.237 e. The number of benzene rings is 1. The molecule has 0 spiro atoms. The van der Waals surface area contributed by atoms with Crippen molar-refractivity contribution in [3.05, 3.63) is 29.8 Å². The van der Waals surface area contributed by atoms with Crippen molar-refractivity contribution in [3.63, 3.8) is 0 Å². The molecule has 116 valence electrons. The molecule has 1 aliphatic rings. The van der Waals surface area contributed by atoms with Gasteiger partial charge in [-0.3, -0.25) is 9.69 Å². The van der Waals surface area contributed by atoms with Crippen LogP contribution in [0.2, 0.25) is 0 Å². The fraction of sp³-hybridized carbons (Fsp3) is 0.562. The van der Waals surface area contributed by atoms with Gasteiger partial charge in [0.05, 0.1) is 19.3 Å². The van der Waals surface area contributed by atoms with Crippen LogP contribution >= 0.6 is 0 Å². The first-order chi connectivity index (χ1) is 10.0. The Morgan fingerprint density at radius 2 is 2.24 bits per heavy atom. The van der Waals surface area contributed by atoms with Crippen molar-refractivity contribution in [2.24, 2.45) is 5.92 Å². The van der Waals surface area contributed by atoms with Crippen LogP contribution in [0.15, 0.2) is 24.3 Å². The van der Waals surface area contributed by atoms with Gasteiger partial charge in [-0.25, -0.2) is 0 Å². The van der Waals surface area contributed by atoms with E-state index < -0.39 is 6.10 Å². The van der Waals surface area contributed by atoms with E-state index in [1.807, 2.05) is 38.1 Å². The molecule has 1 amide bonds. The van der Waals surface area contributed by atoms with Crippen LogP contribution in [-0.4, -0.2) is 48.7 Å². The summed E-state index contributed by atoms with van der Waals surface area (Å²) < 4.78 is 5.18. The summed E-state index contributed by atoms with van der Waals surface area (Å²) in [5.74, 6) is 0.986. The third-order valence-corrected chi connectivity index (χ3v) is 3.88.